The highest BCUT2D eigenvalue weighted by atomic mass is 19.3. The molecule has 3 aromatic rings. The summed E-state index contributed by atoms with van der Waals surface area (Å²) in [5, 5.41) is 9.26. The number of fused-ring (bicyclic) bond motifs is 2. The quantitative estimate of drug-likeness (QED) is 0.542. The van der Waals surface area contributed by atoms with Crippen LogP contribution in [-0.2, 0) is 36.0 Å². The molecular formula is C26H30F2N6O2. The highest BCUT2D eigenvalue weighted by molar-refractivity contribution is 5.78. The van der Waals surface area contributed by atoms with Gasteiger partial charge in [0.25, 0.3) is 6.43 Å². The van der Waals surface area contributed by atoms with E-state index in [0.717, 1.165) is 54.0 Å². The maximum absolute atomic E-state index is 14.3. The van der Waals surface area contributed by atoms with Crippen LogP contribution in [0.1, 0.15) is 54.6 Å². The van der Waals surface area contributed by atoms with Crippen LogP contribution >= 0.6 is 0 Å². The van der Waals surface area contributed by atoms with Crippen LogP contribution in [0, 0.1) is 0 Å². The molecule has 1 aromatic carbocycles. The Kier molecular flexibility index (Phi) is 5.78. The van der Waals surface area contributed by atoms with Gasteiger partial charge in [0.1, 0.15) is 0 Å². The summed E-state index contributed by atoms with van der Waals surface area (Å²) < 4.78 is 38.0. The van der Waals surface area contributed by atoms with E-state index >= 15 is 0 Å². The van der Waals surface area contributed by atoms with E-state index in [0.29, 0.717) is 44.0 Å². The lowest BCUT2D eigenvalue weighted by atomic mass is 9.92. The van der Waals surface area contributed by atoms with E-state index < -0.39 is 6.43 Å². The average molecular weight is 497 g/mol. The summed E-state index contributed by atoms with van der Waals surface area (Å²) in [6.45, 7) is 4.73. The van der Waals surface area contributed by atoms with Crippen molar-refractivity contribution in [2.75, 3.05) is 31.2 Å². The first-order chi connectivity index (χ1) is 17.4. The van der Waals surface area contributed by atoms with Gasteiger partial charge in [-0.1, -0.05) is 0 Å². The first-order valence-electron chi connectivity index (χ1n) is 12.6. The van der Waals surface area contributed by atoms with E-state index in [1.807, 2.05) is 11.0 Å². The number of aryl methyl sites for hydroxylation is 2. The third-order valence-electron chi connectivity index (χ3n) is 7.64. The largest absolute Gasteiger partial charge is 0.379 e. The molecule has 1 saturated heterocycles. The van der Waals surface area contributed by atoms with Crippen molar-refractivity contribution in [1.29, 1.82) is 0 Å². The summed E-state index contributed by atoms with van der Waals surface area (Å²) in [7, 11) is 1.78. The predicted molar refractivity (Wildman–Crippen MR) is 130 cm³/mol. The fraction of sp³-hybridized carbons (Fsp3) is 0.500. The summed E-state index contributed by atoms with van der Waals surface area (Å²) >= 11 is 0. The first-order valence-corrected chi connectivity index (χ1v) is 12.6. The third kappa shape index (κ3) is 3.87. The molecule has 8 nitrogen and oxygen atoms in total. The normalized spacial score (nSPS) is 19.6. The number of carbonyl (C=O) groups excluding carboxylic acids is 1. The molecule has 0 aliphatic carbocycles. The van der Waals surface area contributed by atoms with Gasteiger partial charge in [-0.15, -0.1) is 0 Å². The van der Waals surface area contributed by atoms with Crippen LogP contribution in [0.15, 0.2) is 24.5 Å². The molecule has 0 unspecified atom stereocenters. The minimum Gasteiger partial charge on any atom is -0.379 e. The topological polar surface area (TPSA) is 68.4 Å². The van der Waals surface area contributed by atoms with Crippen LogP contribution in [0.3, 0.4) is 0 Å². The molecule has 1 atom stereocenters. The van der Waals surface area contributed by atoms with Crippen molar-refractivity contribution in [2.24, 2.45) is 7.05 Å². The molecule has 3 aliphatic rings. The van der Waals surface area contributed by atoms with E-state index in [9.17, 15) is 13.6 Å². The van der Waals surface area contributed by atoms with Gasteiger partial charge < -0.3 is 14.5 Å². The predicted octanol–water partition coefficient (Wildman–Crippen LogP) is 4.17. The second-order valence-electron chi connectivity index (χ2n) is 9.93. The van der Waals surface area contributed by atoms with Crippen molar-refractivity contribution in [3.63, 3.8) is 0 Å². The van der Waals surface area contributed by atoms with Crippen molar-refractivity contribution < 1.29 is 18.3 Å². The number of hydrogen-bond donors (Lipinski definition) is 0. The Morgan fingerprint density at radius 2 is 2.08 bits per heavy atom. The number of anilines is 2. The van der Waals surface area contributed by atoms with E-state index in [1.54, 1.807) is 37.1 Å². The number of rotatable bonds is 4. The Balaban J connectivity index is 1.48. The van der Waals surface area contributed by atoms with Gasteiger partial charge in [0, 0.05) is 74.4 Å². The zero-order valence-corrected chi connectivity index (χ0v) is 20.6. The molecule has 2 aromatic heterocycles. The van der Waals surface area contributed by atoms with Crippen LogP contribution < -0.4 is 4.90 Å². The zero-order chi connectivity index (χ0) is 25.0. The van der Waals surface area contributed by atoms with Crippen molar-refractivity contribution in [2.45, 2.75) is 51.6 Å². The molecule has 0 N–H and O–H groups in total. The van der Waals surface area contributed by atoms with Crippen molar-refractivity contribution in [1.82, 2.24) is 24.5 Å². The SMILES string of the molecule is CC(=O)N1CCc2c(c(N3CCCc4cc(-c5cnn(C)c5)c(C(F)F)cc43)nn2[C@H]2CCOC2)C1. The lowest BCUT2D eigenvalue weighted by Gasteiger charge is -2.33. The minimum absolute atomic E-state index is 0.00324. The van der Waals surface area contributed by atoms with Crippen LogP contribution in [-0.4, -0.2) is 56.7 Å². The maximum atomic E-state index is 14.3. The molecule has 1 amide bonds. The van der Waals surface area contributed by atoms with E-state index in [-0.39, 0.29) is 17.5 Å². The van der Waals surface area contributed by atoms with E-state index in [1.165, 1.54) is 0 Å². The molecule has 5 heterocycles. The average Bonchev–Trinajstić information content (AvgIpc) is 3.62. The number of benzene rings is 1. The second-order valence-corrected chi connectivity index (χ2v) is 9.93. The Hall–Kier alpha value is -3.27. The molecule has 10 heteroatoms. The highest BCUT2D eigenvalue weighted by Crippen LogP contribution is 2.43. The summed E-state index contributed by atoms with van der Waals surface area (Å²) in [6, 6.07) is 3.69. The second kappa shape index (κ2) is 8.99. The number of carbonyl (C=O) groups is 1. The van der Waals surface area contributed by atoms with Crippen LogP contribution in [0.5, 0.6) is 0 Å². The molecule has 3 aliphatic heterocycles. The van der Waals surface area contributed by atoms with Gasteiger partial charge in [-0.3, -0.25) is 14.2 Å². The van der Waals surface area contributed by atoms with Gasteiger partial charge in [-0.05, 0) is 42.5 Å². The summed E-state index contributed by atoms with van der Waals surface area (Å²) in [6.07, 6.45) is 4.09. The Morgan fingerprint density at radius 1 is 1.22 bits per heavy atom. The number of ether oxygens (including phenoxy) is 1. The Bertz CT molecular complexity index is 1310. The van der Waals surface area contributed by atoms with Crippen molar-refractivity contribution in [3.05, 3.63) is 46.9 Å². The number of hydrogen-bond acceptors (Lipinski definition) is 5. The molecule has 0 saturated carbocycles. The molecule has 0 bridgehead atoms. The number of halogens is 2. The van der Waals surface area contributed by atoms with Crippen molar-refractivity contribution in [3.8, 4) is 11.1 Å². The molecule has 6 rings (SSSR count). The third-order valence-corrected chi connectivity index (χ3v) is 7.64. The van der Waals surface area contributed by atoms with E-state index in [4.69, 9.17) is 9.84 Å². The van der Waals surface area contributed by atoms with Gasteiger partial charge >= 0.3 is 0 Å². The van der Waals surface area contributed by atoms with E-state index in [2.05, 4.69) is 14.7 Å². The molecule has 0 spiro atoms. The van der Waals surface area contributed by atoms with Gasteiger partial charge in [-0.25, -0.2) is 8.78 Å². The Morgan fingerprint density at radius 3 is 2.78 bits per heavy atom. The van der Waals surface area contributed by atoms with Gasteiger partial charge in [0.05, 0.1) is 25.4 Å². The lowest BCUT2D eigenvalue weighted by molar-refractivity contribution is -0.129. The molecule has 1 fully saturated rings. The number of nitrogens with zero attached hydrogens (tertiary/aromatic N) is 6. The number of aromatic nitrogens is 4. The smallest absolute Gasteiger partial charge is 0.264 e. The zero-order valence-electron chi connectivity index (χ0n) is 20.6. The standard InChI is InChI=1S/C26H30F2N6O2/c1-16(35)32-8-5-23-22(14-32)26(30-34(23)19-6-9-36-15-19)33-7-3-4-17-10-20(18-12-29-31(2)13-18)21(25(27)28)11-24(17)33/h10-13,19,25H,3-9,14-15H2,1-2H3/t19-/m0/s1. The van der Waals surface area contributed by atoms with Crippen LogP contribution in [0.4, 0.5) is 20.3 Å². The fourth-order valence-electron chi connectivity index (χ4n) is 5.79. The highest BCUT2D eigenvalue weighted by Gasteiger charge is 2.34. The molecule has 0 radical (unpaired) electrons. The minimum atomic E-state index is -2.62. The lowest BCUT2D eigenvalue weighted by Crippen LogP contribution is -2.35. The number of amides is 1. The molecular weight excluding hydrogens is 466 g/mol. The van der Waals surface area contributed by atoms with Gasteiger partial charge in [0.15, 0.2) is 5.82 Å². The first kappa shape index (κ1) is 23.1. The maximum Gasteiger partial charge on any atom is 0.264 e. The summed E-state index contributed by atoms with van der Waals surface area (Å²) in [4.78, 5) is 16.2. The van der Waals surface area contributed by atoms with Crippen LogP contribution in [0.25, 0.3) is 11.1 Å². The summed E-state index contributed by atoms with van der Waals surface area (Å²) in [5.41, 5.74) is 5.16. The van der Waals surface area contributed by atoms with Crippen molar-refractivity contribution >= 4 is 17.4 Å². The fourth-order valence-corrected chi connectivity index (χ4v) is 5.79. The van der Waals surface area contributed by atoms with Crippen LogP contribution in [0.2, 0.25) is 0 Å². The van der Waals surface area contributed by atoms with Gasteiger partial charge in [0.2, 0.25) is 5.91 Å². The molecule has 190 valence electrons. The molecule has 36 heavy (non-hydrogen) atoms. The summed E-state index contributed by atoms with van der Waals surface area (Å²) in [5.74, 6) is 0.807. The van der Waals surface area contributed by atoms with Gasteiger partial charge in [-0.2, -0.15) is 10.2 Å². The number of alkyl halides is 2. The Labute approximate surface area is 208 Å². The monoisotopic (exact) mass is 496 g/mol.